The van der Waals surface area contributed by atoms with Crippen molar-refractivity contribution in [2.75, 3.05) is 45.2 Å². The topological polar surface area (TPSA) is 114 Å². The van der Waals surface area contributed by atoms with Gasteiger partial charge in [-0.25, -0.2) is 13.6 Å². The predicted molar refractivity (Wildman–Crippen MR) is 94.2 cm³/mol. The number of hydrogen-bond acceptors (Lipinski definition) is 6. The van der Waals surface area contributed by atoms with E-state index in [1.807, 2.05) is 4.90 Å². The molecular weight excluding hydrogens is 356 g/mol. The molecule has 1 aromatic rings. The minimum absolute atomic E-state index is 0. The van der Waals surface area contributed by atoms with Gasteiger partial charge < -0.3 is 15.4 Å². The van der Waals surface area contributed by atoms with Crippen LogP contribution >= 0.6 is 12.4 Å². The van der Waals surface area contributed by atoms with Crippen LogP contribution < -0.4 is 20.5 Å². The SMILES string of the molecule is COc1ccc(S(N)(=O)=O)cc1NC(=O)CN1CCCNCC1.Cl. The summed E-state index contributed by atoms with van der Waals surface area (Å²) >= 11 is 0. The first-order chi connectivity index (χ1) is 10.9. The molecule has 1 saturated heterocycles. The van der Waals surface area contributed by atoms with Crippen LogP contribution in [0.15, 0.2) is 23.1 Å². The average molecular weight is 379 g/mol. The van der Waals surface area contributed by atoms with E-state index in [0.717, 1.165) is 32.6 Å². The van der Waals surface area contributed by atoms with E-state index in [1.54, 1.807) is 0 Å². The van der Waals surface area contributed by atoms with E-state index in [9.17, 15) is 13.2 Å². The van der Waals surface area contributed by atoms with E-state index >= 15 is 0 Å². The Balaban J connectivity index is 0.00000288. The van der Waals surface area contributed by atoms with Crippen molar-refractivity contribution in [1.29, 1.82) is 0 Å². The highest BCUT2D eigenvalue weighted by Gasteiger charge is 2.16. The van der Waals surface area contributed by atoms with E-state index in [-0.39, 0.29) is 35.4 Å². The maximum absolute atomic E-state index is 12.2. The molecule has 1 aliphatic heterocycles. The Morgan fingerprint density at radius 1 is 1.38 bits per heavy atom. The summed E-state index contributed by atoms with van der Waals surface area (Å²) < 4.78 is 28.0. The van der Waals surface area contributed by atoms with Gasteiger partial charge in [0.05, 0.1) is 24.2 Å². The third-order valence-electron chi connectivity index (χ3n) is 3.57. The molecular formula is C14H23ClN4O4S. The van der Waals surface area contributed by atoms with Crippen LogP contribution in [0.5, 0.6) is 5.75 Å². The molecule has 1 fully saturated rings. The molecule has 0 aromatic heterocycles. The van der Waals surface area contributed by atoms with E-state index in [4.69, 9.17) is 9.88 Å². The summed E-state index contributed by atoms with van der Waals surface area (Å²) in [5, 5.41) is 11.1. The normalized spacial score (nSPS) is 15.9. The molecule has 2 rings (SSSR count). The van der Waals surface area contributed by atoms with Crippen molar-refractivity contribution in [3.8, 4) is 5.75 Å². The van der Waals surface area contributed by atoms with Gasteiger partial charge >= 0.3 is 0 Å². The maximum Gasteiger partial charge on any atom is 0.238 e. The summed E-state index contributed by atoms with van der Waals surface area (Å²) in [6.07, 6.45) is 0.984. The quantitative estimate of drug-likeness (QED) is 0.664. The lowest BCUT2D eigenvalue weighted by atomic mass is 10.3. The van der Waals surface area contributed by atoms with Gasteiger partial charge in [-0.15, -0.1) is 12.4 Å². The second kappa shape index (κ2) is 9.19. The summed E-state index contributed by atoms with van der Waals surface area (Å²) in [5.41, 5.74) is 0.289. The first kappa shape index (κ1) is 20.7. The third kappa shape index (κ3) is 5.91. The molecule has 1 heterocycles. The lowest BCUT2D eigenvalue weighted by Gasteiger charge is -2.19. The van der Waals surface area contributed by atoms with Crippen LogP contribution in [0.2, 0.25) is 0 Å². The number of halogens is 1. The molecule has 0 radical (unpaired) electrons. The van der Waals surface area contributed by atoms with Crippen LogP contribution in [0.3, 0.4) is 0 Å². The van der Waals surface area contributed by atoms with Gasteiger partial charge in [-0.3, -0.25) is 9.69 Å². The summed E-state index contributed by atoms with van der Waals surface area (Å²) in [6, 6.07) is 4.10. The third-order valence-corrected chi connectivity index (χ3v) is 4.48. The van der Waals surface area contributed by atoms with Gasteiger partial charge in [-0.1, -0.05) is 0 Å². The molecule has 10 heteroatoms. The van der Waals surface area contributed by atoms with Crippen LogP contribution in [0.25, 0.3) is 0 Å². The van der Waals surface area contributed by atoms with Gasteiger partial charge in [0, 0.05) is 13.1 Å². The molecule has 0 aliphatic carbocycles. The second-order valence-corrected chi connectivity index (χ2v) is 6.90. The standard InChI is InChI=1S/C14H22N4O4S.ClH/c1-22-13-4-3-11(23(15,20)21)9-12(13)17-14(19)10-18-7-2-5-16-6-8-18;/h3-4,9,16H,2,5-8,10H2,1H3,(H,17,19)(H2,15,20,21);1H. The number of ether oxygens (including phenoxy) is 1. The lowest BCUT2D eigenvalue weighted by Crippen LogP contribution is -2.35. The molecule has 1 aromatic carbocycles. The van der Waals surface area contributed by atoms with E-state index in [1.165, 1.54) is 25.3 Å². The number of nitrogens with zero attached hydrogens (tertiary/aromatic N) is 1. The van der Waals surface area contributed by atoms with Crippen LogP contribution in [0, 0.1) is 0 Å². The molecule has 1 aliphatic rings. The number of hydrogen-bond donors (Lipinski definition) is 3. The molecule has 0 saturated carbocycles. The van der Waals surface area contributed by atoms with Crippen LogP contribution in [-0.4, -0.2) is 59.1 Å². The number of benzene rings is 1. The summed E-state index contributed by atoms with van der Waals surface area (Å²) in [4.78, 5) is 14.2. The van der Waals surface area contributed by atoms with Crippen molar-refractivity contribution in [3.63, 3.8) is 0 Å². The fourth-order valence-corrected chi connectivity index (χ4v) is 2.95. The smallest absolute Gasteiger partial charge is 0.238 e. The van der Waals surface area contributed by atoms with Crippen LogP contribution in [0.1, 0.15) is 6.42 Å². The van der Waals surface area contributed by atoms with Crippen molar-refractivity contribution < 1.29 is 17.9 Å². The van der Waals surface area contributed by atoms with Gasteiger partial charge in [-0.2, -0.15) is 0 Å². The highest BCUT2D eigenvalue weighted by atomic mass is 35.5. The molecule has 1 amide bonds. The van der Waals surface area contributed by atoms with E-state index in [2.05, 4.69) is 10.6 Å². The molecule has 0 atom stereocenters. The summed E-state index contributed by atoms with van der Waals surface area (Å²) in [6.45, 7) is 3.67. The number of amides is 1. The van der Waals surface area contributed by atoms with Gasteiger partial charge in [0.15, 0.2) is 0 Å². The van der Waals surface area contributed by atoms with E-state index in [0.29, 0.717) is 5.75 Å². The zero-order valence-corrected chi connectivity index (χ0v) is 15.1. The largest absolute Gasteiger partial charge is 0.495 e. The Kier molecular flexibility index (Phi) is 7.91. The second-order valence-electron chi connectivity index (χ2n) is 5.33. The Bertz CT molecular complexity index is 661. The minimum atomic E-state index is -3.84. The van der Waals surface area contributed by atoms with Crippen molar-refractivity contribution >= 4 is 34.0 Å². The fraction of sp³-hybridized carbons (Fsp3) is 0.500. The number of carbonyl (C=O) groups is 1. The van der Waals surface area contributed by atoms with Crippen molar-refractivity contribution in [3.05, 3.63) is 18.2 Å². The van der Waals surface area contributed by atoms with Gasteiger partial charge in [0.1, 0.15) is 5.75 Å². The van der Waals surface area contributed by atoms with Crippen molar-refractivity contribution in [2.45, 2.75) is 11.3 Å². The molecule has 4 N–H and O–H groups in total. The Hall–Kier alpha value is -1.39. The number of carbonyl (C=O) groups excluding carboxylic acids is 1. The first-order valence-corrected chi connectivity index (χ1v) is 8.88. The van der Waals surface area contributed by atoms with Crippen LogP contribution in [0.4, 0.5) is 5.69 Å². The number of primary sulfonamides is 1. The van der Waals surface area contributed by atoms with Gasteiger partial charge in [0.2, 0.25) is 15.9 Å². The molecule has 0 spiro atoms. The minimum Gasteiger partial charge on any atom is -0.495 e. The first-order valence-electron chi connectivity index (χ1n) is 7.34. The monoisotopic (exact) mass is 378 g/mol. The predicted octanol–water partition coefficient (Wildman–Crippen LogP) is -0.00180. The zero-order chi connectivity index (χ0) is 16.9. The number of nitrogens with one attached hydrogen (secondary N) is 2. The zero-order valence-electron chi connectivity index (χ0n) is 13.4. The Morgan fingerprint density at radius 2 is 2.12 bits per heavy atom. The number of nitrogens with two attached hydrogens (primary N) is 1. The Morgan fingerprint density at radius 3 is 2.79 bits per heavy atom. The number of anilines is 1. The number of rotatable bonds is 5. The summed E-state index contributed by atoms with van der Waals surface area (Å²) in [7, 11) is -2.40. The molecule has 8 nitrogen and oxygen atoms in total. The van der Waals surface area contributed by atoms with E-state index < -0.39 is 10.0 Å². The molecule has 0 unspecified atom stereocenters. The van der Waals surface area contributed by atoms with Gasteiger partial charge in [0.25, 0.3) is 0 Å². The molecule has 136 valence electrons. The van der Waals surface area contributed by atoms with Crippen molar-refractivity contribution in [1.82, 2.24) is 10.2 Å². The maximum atomic E-state index is 12.2. The fourth-order valence-electron chi connectivity index (χ4n) is 2.41. The van der Waals surface area contributed by atoms with Gasteiger partial charge in [-0.05, 0) is 37.7 Å². The summed E-state index contributed by atoms with van der Waals surface area (Å²) in [5.74, 6) is 0.153. The average Bonchev–Trinajstić information content (AvgIpc) is 2.74. The lowest BCUT2D eigenvalue weighted by molar-refractivity contribution is -0.117. The van der Waals surface area contributed by atoms with Crippen LogP contribution in [-0.2, 0) is 14.8 Å². The highest BCUT2D eigenvalue weighted by molar-refractivity contribution is 7.89. The number of sulfonamides is 1. The molecule has 24 heavy (non-hydrogen) atoms. The molecule has 0 bridgehead atoms. The highest BCUT2D eigenvalue weighted by Crippen LogP contribution is 2.27. The van der Waals surface area contributed by atoms with Crippen molar-refractivity contribution in [2.24, 2.45) is 5.14 Å². The number of methoxy groups -OCH3 is 1. The Labute approximate surface area is 148 Å².